The van der Waals surface area contributed by atoms with E-state index in [0.717, 1.165) is 42.5 Å². The van der Waals surface area contributed by atoms with Gasteiger partial charge in [0.15, 0.2) is 11.2 Å². The summed E-state index contributed by atoms with van der Waals surface area (Å²) < 4.78 is 13.2. The van der Waals surface area contributed by atoms with E-state index in [9.17, 15) is 14.4 Å². The molecule has 5 rings (SSSR count). The van der Waals surface area contributed by atoms with Crippen molar-refractivity contribution in [3.63, 3.8) is 0 Å². The predicted octanol–water partition coefficient (Wildman–Crippen LogP) is 4.12. The lowest BCUT2D eigenvalue weighted by molar-refractivity contribution is 0.0521. The molecular weight excluding hydrogens is 394 g/mol. The molecule has 1 aliphatic heterocycles. The van der Waals surface area contributed by atoms with Crippen LogP contribution in [-0.4, -0.2) is 29.5 Å². The Hall–Kier alpha value is -2.89. The number of benzene rings is 1. The average molecular weight is 421 g/mol. The highest BCUT2D eigenvalue weighted by atomic mass is 16.5. The third-order valence-corrected chi connectivity index (χ3v) is 6.89. The SMILES string of the molecule is CCOC(=O)c1cn2c(cc1=O)-c1cc(C(C)=O)c(OCC3CC3)cc1CC21CCC1. The van der Waals surface area contributed by atoms with Crippen LogP contribution >= 0.6 is 0 Å². The van der Waals surface area contributed by atoms with Crippen LogP contribution in [-0.2, 0) is 16.7 Å². The molecule has 0 radical (unpaired) electrons. The fourth-order valence-corrected chi connectivity index (χ4v) is 4.83. The molecule has 6 nitrogen and oxygen atoms in total. The summed E-state index contributed by atoms with van der Waals surface area (Å²) in [4.78, 5) is 37.5. The van der Waals surface area contributed by atoms with E-state index in [0.29, 0.717) is 23.8 Å². The second kappa shape index (κ2) is 7.36. The molecule has 0 saturated heterocycles. The van der Waals surface area contributed by atoms with Gasteiger partial charge < -0.3 is 14.0 Å². The summed E-state index contributed by atoms with van der Waals surface area (Å²) in [5, 5.41) is 0. The Morgan fingerprint density at radius 3 is 2.55 bits per heavy atom. The van der Waals surface area contributed by atoms with Gasteiger partial charge in [0.1, 0.15) is 11.3 Å². The molecule has 1 spiro atoms. The molecule has 0 atom stereocenters. The van der Waals surface area contributed by atoms with Gasteiger partial charge in [0.05, 0.1) is 24.5 Å². The Labute approximate surface area is 181 Å². The molecule has 0 unspecified atom stereocenters. The van der Waals surface area contributed by atoms with Crippen LogP contribution in [0.3, 0.4) is 0 Å². The summed E-state index contributed by atoms with van der Waals surface area (Å²) in [6.07, 6.45) is 7.90. The molecule has 6 heteroatoms. The summed E-state index contributed by atoms with van der Waals surface area (Å²) in [5.74, 6) is 0.590. The maximum atomic E-state index is 12.8. The third kappa shape index (κ3) is 3.38. The lowest BCUT2D eigenvalue weighted by Gasteiger charge is -2.48. The molecule has 2 saturated carbocycles. The van der Waals surface area contributed by atoms with Crippen molar-refractivity contribution < 1.29 is 19.1 Å². The highest BCUT2D eigenvalue weighted by Crippen LogP contribution is 2.49. The van der Waals surface area contributed by atoms with Crippen molar-refractivity contribution in [2.45, 2.75) is 57.9 Å². The first-order chi connectivity index (χ1) is 14.9. The molecule has 31 heavy (non-hydrogen) atoms. The normalized spacial score (nSPS) is 18.0. The topological polar surface area (TPSA) is 74.6 Å². The standard InChI is InChI=1S/C25H27NO5/c1-3-30-24(29)20-13-26-21(11-22(20)28)19-10-18(15(2)27)23(31-14-16-5-6-16)9-17(19)12-25(26)7-4-8-25/h9-11,13,16H,3-8,12,14H2,1-2H3. The zero-order valence-electron chi connectivity index (χ0n) is 18.0. The second-order valence-electron chi connectivity index (χ2n) is 9.10. The minimum atomic E-state index is -0.587. The maximum absolute atomic E-state index is 12.8. The average Bonchev–Trinajstić information content (AvgIpc) is 3.53. The summed E-state index contributed by atoms with van der Waals surface area (Å²) in [7, 11) is 0. The molecule has 2 heterocycles. The number of hydrogen-bond acceptors (Lipinski definition) is 5. The monoisotopic (exact) mass is 421 g/mol. The fraction of sp³-hybridized carbons (Fsp3) is 0.480. The van der Waals surface area contributed by atoms with Crippen molar-refractivity contribution in [2.75, 3.05) is 13.2 Å². The first-order valence-electron chi connectivity index (χ1n) is 11.2. The summed E-state index contributed by atoms with van der Waals surface area (Å²) >= 11 is 0. The predicted molar refractivity (Wildman–Crippen MR) is 116 cm³/mol. The molecule has 1 aromatic heterocycles. The second-order valence-corrected chi connectivity index (χ2v) is 9.10. The van der Waals surface area contributed by atoms with E-state index >= 15 is 0 Å². The van der Waals surface area contributed by atoms with Crippen LogP contribution < -0.4 is 10.2 Å². The molecule has 0 amide bonds. The number of nitrogens with zero attached hydrogens (tertiary/aromatic N) is 1. The third-order valence-electron chi connectivity index (χ3n) is 6.89. The molecule has 2 aromatic rings. The van der Waals surface area contributed by atoms with Gasteiger partial charge in [-0.1, -0.05) is 0 Å². The van der Waals surface area contributed by atoms with Crippen molar-refractivity contribution in [3.8, 4) is 17.0 Å². The lowest BCUT2D eigenvalue weighted by Crippen LogP contribution is -2.46. The minimum Gasteiger partial charge on any atom is -0.493 e. The Morgan fingerprint density at radius 1 is 1.16 bits per heavy atom. The van der Waals surface area contributed by atoms with Crippen molar-refractivity contribution >= 4 is 11.8 Å². The van der Waals surface area contributed by atoms with Gasteiger partial charge in [-0.25, -0.2) is 4.79 Å². The van der Waals surface area contributed by atoms with Crippen molar-refractivity contribution in [1.82, 2.24) is 4.57 Å². The van der Waals surface area contributed by atoms with E-state index in [2.05, 4.69) is 4.57 Å². The number of aromatic nitrogens is 1. The van der Waals surface area contributed by atoms with Gasteiger partial charge >= 0.3 is 5.97 Å². The van der Waals surface area contributed by atoms with Crippen LogP contribution in [0.15, 0.2) is 29.2 Å². The first-order valence-corrected chi connectivity index (χ1v) is 11.2. The molecule has 0 N–H and O–H groups in total. The molecule has 3 aliphatic rings. The van der Waals surface area contributed by atoms with Gasteiger partial charge in [0.2, 0.25) is 0 Å². The zero-order chi connectivity index (χ0) is 21.8. The van der Waals surface area contributed by atoms with E-state index < -0.39 is 5.97 Å². The number of carbonyl (C=O) groups excluding carboxylic acids is 2. The number of pyridine rings is 1. The molecule has 2 fully saturated rings. The van der Waals surface area contributed by atoms with Gasteiger partial charge in [-0.3, -0.25) is 9.59 Å². The highest BCUT2D eigenvalue weighted by molar-refractivity contribution is 5.98. The number of ether oxygens (including phenoxy) is 2. The van der Waals surface area contributed by atoms with E-state index in [1.807, 2.05) is 12.1 Å². The van der Waals surface area contributed by atoms with Crippen LogP contribution in [0.2, 0.25) is 0 Å². The first kappa shape index (κ1) is 20.0. The lowest BCUT2D eigenvalue weighted by atomic mass is 9.69. The summed E-state index contributed by atoms with van der Waals surface area (Å²) in [5.41, 5.74) is 2.82. The van der Waals surface area contributed by atoms with Gasteiger partial charge in [0, 0.05) is 23.4 Å². The maximum Gasteiger partial charge on any atom is 0.343 e. The Bertz CT molecular complexity index is 1140. The van der Waals surface area contributed by atoms with Gasteiger partial charge in [-0.05, 0) is 76.0 Å². The largest absolute Gasteiger partial charge is 0.493 e. The molecule has 1 aromatic carbocycles. The number of rotatable bonds is 6. The smallest absolute Gasteiger partial charge is 0.343 e. The number of fused-ring (bicyclic) bond motifs is 4. The van der Waals surface area contributed by atoms with E-state index in [1.54, 1.807) is 20.0 Å². The van der Waals surface area contributed by atoms with Crippen LogP contribution in [0.25, 0.3) is 11.3 Å². The number of ketones is 1. The number of carbonyl (C=O) groups is 2. The Kier molecular flexibility index (Phi) is 4.76. The van der Waals surface area contributed by atoms with Crippen LogP contribution in [0.5, 0.6) is 5.75 Å². The van der Waals surface area contributed by atoms with E-state index in [1.165, 1.54) is 18.9 Å². The van der Waals surface area contributed by atoms with E-state index in [4.69, 9.17) is 9.47 Å². The van der Waals surface area contributed by atoms with Crippen LogP contribution in [0.1, 0.15) is 72.2 Å². The van der Waals surface area contributed by atoms with Crippen molar-refractivity contribution in [2.24, 2.45) is 5.92 Å². The Balaban J connectivity index is 1.65. The van der Waals surface area contributed by atoms with Crippen LogP contribution in [0.4, 0.5) is 0 Å². The number of esters is 1. The quantitative estimate of drug-likeness (QED) is 0.518. The molecule has 2 aliphatic carbocycles. The van der Waals surface area contributed by atoms with Gasteiger partial charge in [-0.2, -0.15) is 0 Å². The van der Waals surface area contributed by atoms with Gasteiger partial charge in [0.25, 0.3) is 0 Å². The van der Waals surface area contributed by atoms with Crippen LogP contribution in [0, 0.1) is 5.92 Å². The zero-order valence-corrected chi connectivity index (χ0v) is 18.0. The Morgan fingerprint density at radius 2 is 1.94 bits per heavy atom. The summed E-state index contributed by atoms with van der Waals surface area (Å²) in [6.45, 7) is 4.13. The van der Waals surface area contributed by atoms with Crippen molar-refractivity contribution in [1.29, 1.82) is 0 Å². The molecule has 162 valence electrons. The highest BCUT2D eigenvalue weighted by Gasteiger charge is 2.44. The minimum absolute atomic E-state index is 0.0606. The number of Topliss-reactive ketones (excluding diaryl/α,β-unsaturated/α-hetero) is 1. The van der Waals surface area contributed by atoms with E-state index in [-0.39, 0.29) is 28.9 Å². The fourth-order valence-electron chi connectivity index (χ4n) is 4.83. The van der Waals surface area contributed by atoms with Gasteiger partial charge in [-0.15, -0.1) is 0 Å². The molecule has 0 bridgehead atoms. The molecular formula is C25H27NO5. The van der Waals surface area contributed by atoms with Crippen molar-refractivity contribution in [3.05, 3.63) is 51.3 Å². The number of hydrogen-bond donors (Lipinski definition) is 0. The summed E-state index contributed by atoms with van der Waals surface area (Å²) in [6, 6.07) is 5.39.